The summed E-state index contributed by atoms with van der Waals surface area (Å²) in [6.45, 7) is 1.51. The SMILES string of the molecule is C[C@H](O)CN(C)S(=O)(=O)Cc1ccc(F)c(Cl)c1. The average molecular weight is 296 g/mol. The first-order chi connectivity index (χ1) is 8.22. The number of benzene rings is 1. The van der Waals surface area contributed by atoms with Crippen LogP contribution < -0.4 is 0 Å². The van der Waals surface area contributed by atoms with Crippen LogP contribution in [-0.4, -0.2) is 37.5 Å². The summed E-state index contributed by atoms with van der Waals surface area (Å²) in [4.78, 5) is 0. The van der Waals surface area contributed by atoms with Crippen molar-refractivity contribution in [2.75, 3.05) is 13.6 Å². The number of hydrogen-bond acceptors (Lipinski definition) is 3. The van der Waals surface area contributed by atoms with Crippen molar-refractivity contribution < 1.29 is 17.9 Å². The maximum absolute atomic E-state index is 12.9. The van der Waals surface area contributed by atoms with Crippen molar-refractivity contribution in [1.82, 2.24) is 4.31 Å². The minimum absolute atomic E-state index is 0.0112. The van der Waals surface area contributed by atoms with Crippen LogP contribution in [0.1, 0.15) is 12.5 Å². The summed E-state index contributed by atoms with van der Waals surface area (Å²) in [5.74, 6) is -0.869. The quantitative estimate of drug-likeness (QED) is 0.898. The molecule has 0 bridgehead atoms. The van der Waals surface area contributed by atoms with Crippen LogP contribution in [0.3, 0.4) is 0 Å². The lowest BCUT2D eigenvalue weighted by molar-refractivity contribution is 0.171. The number of nitrogens with zero attached hydrogens (tertiary/aromatic N) is 1. The monoisotopic (exact) mass is 295 g/mol. The molecule has 1 aromatic rings. The smallest absolute Gasteiger partial charge is 0.218 e. The Kier molecular flexibility index (Phi) is 5.10. The molecule has 0 aliphatic rings. The number of rotatable bonds is 5. The Morgan fingerprint density at radius 3 is 2.61 bits per heavy atom. The van der Waals surface area contributed by atoms with Crippen molar-refractivity contribution in [2.24, 2.45) is 0 Å². The highest BCUT2D eigenvalue weighted by atomic mass is 35.5. The van der Waals surface area contributed by atoms with Crippen LogP contribution in [0.5, 0.6) is 0 Å². The molecule has 0 aliphatic heterocycles. The molecule has 18 heavy (non-hydrogen) atoms. The third-order valence-corrected chi connectivity index (χ3v) is 4.42. The van der Waals surface area contributed by atoms with Gasteiger partial charge in [-0.2, -0.15) is 0 Å². The van der Waals surface area contributed by atoms with Gasteiger partial charge in [0.1, 0.15) is 5.82 Å². The highest BCUT2D eigenvalue weighted by Crippen LogP contribution is 2.18. The molecule has 0 aliphatic carbocycles. The number of halogens is 2. The van der Waals surface area contributed by atoms with Gasteiger partial charge in [0, 0.05) is 13.6 Å². The van der Waals surface area contributed by atoms with Gasteiger partial charge in [0.25, 0.3) is 0 Å². The molecule has 0 radical (unpaired) electrons. The number of hydrogen-bond donors (Lipinski definition) is 1. The Morgan fingerprint density at radius 2 is 2.11 bits per heavy atom. The van der Waals surface area contributed by atoms with Crippen LogP contribution in [0, 0.1) is 5.82 Å². The minimum atomic E-state index is -3.55. The van der Waals surface area contributed by atoms with Crippen LogP contribution in [0.2, 0.25) is 5.02 Å². The highest BCUT2D eigenvalue weighted by molar-refractivity contribution is 7.88. The molecule has 0 fully saturated rings. The van der Waals surface area contributed by atoms with E-state index in [0.717, 1.165) is 10.4 Å². The van der Waals surface area contributed by atoms with Crippen LogP contribution in [-0.2, 0) is 15.8 Å². The predicted molar refractivity (Wildman–Crippen MR) is 68.3 cm³/mol. The fourth-order valence-electron chi connectivity index (χ4n) is 1.44. The molecule has 1 N–H and O–H groups in total. The van der Waals surface area contributed by atoms with E-state index in [0.29, 0.717) is 5.56 Å². The predicted octanol–water partition coefficient (Wildman–Crippen LogP) is 1.62. The van der Waals surface area contributed by atoms with Gasteiger partial charge in [-0.15, -0.1) is 0 Å². The van der Waals surface area contributed by atoms with Crippen molar-refractivity contribution in [3.63, 3.8) is 0 Å². The van der Waals surface area contributed by atoms with Gasteiger partial charge in [-0.25, -0.2) is 17.1 Å². The molecule has 0 amide bonds. The normalized spacial score (nSPS) is 13.9. The summed E-state index contributed by atoms with van der Waals surface area (Å²) in [5, 5.41) is 9.05. The van der Waals surface area contributed by atoms with E-state index in [9.17, 15) is 12.8 Å². The van der Waals surface area contributed by atoms with E-state index in [1.54, 1.807) is 0 Å². The Balaban J connectivity index is 2.85. The number of aliphatic hydroxyl groups excluding tert-OH is 1. The summed E-state index contributed by atoms with van der Waals surface area (Å²) in [7, 11) is -2.16. The van der Waals surface area contributed by atoms with Gasteiger partial charge < -0.3 is 5.11 Å². The van der Waals surface area contributed by atoms with Gasteiger partial charge in [-0.1, -0.05) is 17.7 Å². The van der Waals surface area contributed by atoms with Gasteiger partial charge in [0.15, 0.2) is 0 Å². The zero-order valence-corrected chi connectivity index (χ0v) is 11.7. The molecule has 1 rings (SSSR count). The molecule has 0 spiro atoms. The van der Waals surface area contributed by atoms with Crippen LogP contribution in [0.15, 0.2) is 18.2 Å². The lowest BCUT2D eigenvalue weighted by atomic mass is 10.2. The van der Waals surface area contributed by atoms with Gasteiger partial charge in [-0.3, -0.25) is 0 Å². The zero-order valence-electron chi connectivity index (χ0n) is 10.1. The Labute approximate surface area is 111 Å². The summed E-state index contributed by atoms with van der Waals surface area (Å²) < 4.78 is 37.8. The summed E-state index contributed by atoms with van der Waals surface area (Å²) in [5.41, 5.74) is 0.402. The van der Waals surface area contributed by atoms with E-state index in [1.165, 1.54) is 26.1 Å². The van der Waals surface area contributed by atoms with E-state index < -0.39 is 21.9 Å². The maximum atomic E-state index is 12.9. The first kappa shape index (κ1) is 15.4. The Bertz CT molecular complexity index is 519. The van der Waals surface area contributed by atoms with Crippen molar-refractivity contribution in [3.05, 3.63) is 34.6 Å². The van der Waals surface area contributed by atoms with Crippen LogP contribution in [0.25, 0.3) is 0 Å². The van der Waals surface area contributed by atoms with Crippen LogP contribution >= 0.6 is 11.6 Å². The van der Waals surface area contributed by atoms with Gasteiger partial charge in [-0.05, 0) is 24.6 Å². The third-order valence-electron chi connectivity index (χ3n) is 2.33. The molecular weight excluding hydrogens is 281 g/mol. The summed E-state index contributed by atoms with van der Waals surface area (Å²) >= 11 is 5.58. The fourth-order valence-corrected chi connectivity index (χ4v) is 2.90. The molecule has 0 heterocycles. The molecule has 7 heteroatoms. The van der Waals surface area contributed by atoms with Crippen molar-refractivity contribution in [3.8, 4) is 0 Å². The average Bonchev–Trinajstić information content (AvgIpc) is 2.22. The number of likely N-dealkylation sites (N-methyl/N-ethyl adjacent to an activating group) is 1. The fraction of sp³-hybridized carbons (Fsp3) is 0.455. The highest BCUT2D eigenvalue weighted by Gasteiger charge is 2.20. The van der Waals surface area contributed by atoms with E-state index in [-0.39, 0.29) is 17.3 Å². The standard InChI is InChI=1S/C11H15ClFNO3S/c1-8(15)6-14(2)18(16,17)7-9-3-4-11(13)10(12)5-9/h3-5,8,15H,6-7H2,1-2H3/t8-/m0/s1. The Morgan fingerprint density at radius 1 is 1.50 bits per heavy atom. The lowest BCUT2D eigenvalue weighted by Crippen LogP contribution is -2.33. The molecule has 1 atom stereocenters. The largest absolute Gasteiger partial charge is 0.392 e. The first-order valence-electron chi connectivity index (χ1n) is 5.28. The second-order valence-electron chi connectivity index (χ2n) is 4.13. The molecule has 4 nitrogen and oxygen atoms in total. The van der Waals surface area contributed by atoms with Gasteiger partial charge >= 0.3 is 0 Å². The maximum Gasteiger partial charge on any atom is 0.218 e. The van der Waals surface area contributed by atoms with E-state index in [4.69, 9.17) is 16.7 Å². The summed E-state index contributed by atoms with van der Waals surface area (Å²) in [6, 6.07) is 3.78. The lowest BCUT2D eigenvalue weighted by Gasteiger charge is -2.18. The molecular formula is C11H15ClFNO3S. The first-order valence-corrected chi connectivity index (χ1v) is 7.27. The van der Waals surface area contributed by atoms with Crippen molar-refractivity contribution >= 4 is 21.6 Å². The van der Waals surface area contributed by atoms with Crippen molar-refractivity contribution in [1.29, 1.82) is 0 Å². The second-order valence-corrected chi connectivity index (χ2v) is 6.62. The zero-order chi connectivity index (χ0) is 13.9. The summed E-state index contributed by atoms with van der Waals surface area (Å²) in [6.07, 6.45) is -0.749. The van der Waals surface area contributed by atoms with Gasteiger partial charge in [0.05, 0.1) is 16.9 Å². The molecule has 0 saturated heterocycles. The van der Waals surface area contributed by atoms with Crippen molar-refractivity contribution in [2.45, 2.75) is 18.8 Å². The van der Waals surface area contributed by atoms with E-state index in [2.05, 4.69) is 0 Å². The minimum Gasteiger partial charge on any atom is -0.392 e. The number of aliphatic hydroxyl groups is 1. The Hall–Kier alpha value is -0.690. The third kappa shape index (κ3) is 4.20. The van der Waals surface area contributed by atoms with E-state index in [1.807, 2.05) is 0 Å². The number of sulfonamides is 1. The topological polar surface area (TPSA) is 57.6 Å². The van der Waals surface area contributed by atoms with Crippen LogP contribution in [0.4, 0.5) is 4.39 Å². The molecule has 1 aromatic carbocycles. The molecule has 0 saturated carbocycles. The van der Waals surface area contributed by atoms with E-state index >= 15 is 0 Å². The second kappa shape index (κ2) is 5.97. The molecule has 0 aromatic heterocycles. The molecule has 0 unspecified atom stereocenters. The molecule has 102 valence electrons. The van der Waals surface area contributed by atoms with Gasteiger partial charge in [0.2, 0.25) is 10.0 Å².